The van der Waals surface area contributed by atoms with Crippen molar-refractivity contribution >= 4 is 52.0 Å². The van der Waals surface area contributed by atoms with E-state index < -0.39 is 5.91 Å². The van der Waals surface area contributed by atoms with Gasteiger partial charge < -0.3 is 15.2 Å². The van der Waals surface area contributed by atoms with Gasteiger partial charge in [-0.25, -0.2) is 0 Å². The van der Waals surface area contributed by atoms with E-state index in [-0.39, 0.29) is 22.1 Å². The molecule has 4 rings (SSSR count). The molecular formula is C23H17Cl2N3O3S. The van der Waals surface area contributed by atoms with E-state index in [1.807, 2.05) is 17.5 Å². The van der Waals surface area contributed by atoms with E-state index >= 15 is 0 Å². The molecule has 0 saturated carbocycles. The summed E-state index contributed by atoms with van der Waals surface area (Å²) < 4.78 is 5.26. The number of halogens is 2. The molecule has 2 aromatic carbocycles. The molecule has 0 radical (unpaired) electrons. The van der Waals surface area contributed by atoms with Crippen LogP contribution in [0.25, 0.3) is 11.3 Å². The van der Waals surface area contributed by atoms with E-state index in [1.165, 1.54) is 6.07 Å². The van der Waals surface area contributed by atoms with Crippen molar-refractivity contribution in [3.05, 3.63) is 91.8 Å². The number of aromatic nitrogens is 1. The number of hydrogen-bond acceptors (Lipinski definition) is 5. The second-order valence-corrected chi connectivity index (χ2v) is 8.76. The van der Waals surface area contributed by atoms with E-state index in [2.05, 4.69) is 15.8 Å². The first-order chi connectivity index (χ1) is 15.4. The van der Waals surface area contributed by atoms with E-state index in [4.69, 9.17) is 27.7 Å². The Balaban J connectivity index is 1.55. The third-order valence-electron chi connectivity index (χ3n) is 4.66. The van der Waals surface area contributed by atoms with Crippen LogP contribution in [0.3, 0.4) is 0 Å². The molecule has 0 aliphatic carbocycles. The number of amides is 2. The fraction of sp³-hybridized carbons (Fsp3) is 0.0870. The van der Waals surface area contributed by atoms with Gasteiger partial charge in [-0.05, 0) is 48.7 Å². The zero-order chi connectivity index (χ0) is 22.7. The summed E-state index contributed by atoms with van der Waals surface area (Å²) >= 11 is 13.8. The van der Waals surface area contributed by atoms with Crippen LogP contribution in [0.4, 0.5) is 5.69 Å². The SMILES string of the molecule is Cc1onc(-c2cccc(Cl)c2)c1C(=O)Nc1ccc(Cl)c(C(=O)NCc2cccs2)c1. The van der Waals surface area contributed by atoms with Crippen LogP contribution in [0.1, 0.15) is 31.4 Å². The summed E-state index contributed by atoms with van der Waals surface area (Å²) in [4.78, 5) is 26.7. The van der Waals surface area contributed by atoms with Gasteiger partial charge in [-0.3, -0.25) is 9.59 Å². The van der Waals surface area contributed by atoms with E-state index in [9.17, 15) is 9.59 Å². The largest absolute Gasteiger partial charge is 0.360 e. The average molecular weight is 486 g/mol. The molecule has 6 nitrogen and oxygen atoms in total. The fourth-order valence-electron chi connectivity index (χ4n) is 3.12. The summed E-state index contributed by atoms with van der Waals surface area (Å²) in [6, 6.07) is 15.6. The first kappa shape index (κ1) is 22.1. The Hall–Kier alpha value is -3.13. The van der Waals surface area contributed by atoms with Crippen LogP contribution in [-0.2, 0) is 6.54 Å². The monoisotopic (exact) mass is 485 g/mol. The number of thiophene rings is 1. The van der Waals surface area contributed by atoms with Crippen molar-refractivity contribution in [3.63, 3.8) is 0 Å². The van der Waals surface area contributed by atoms with Crippen LogP contribution in [0.15, 0.2) is 64.5 Å². The topological polar surface area (TPSA) is 84.2 Å². The van der Waals surface area contributed by atoms with Crippen molar-refractivity contribution in [1.82, 2.24) is 10.5 Å². The minimum Gasteiger partial charge on any atom is -0.360 e. The first-order valence-electron chi connectivity index (χ1n) is 9.56. The number of rotatable bonds is 6. The zero-order valence-electron chi connectivity index (χ0n) is 16.8. The molecule has 2 N–H and O–H groups in total. The molecule has 32 heavy (non-hydrogen) atoms. The van der Waals surface area contributed by atoms with Crippen LogP contribution in [0, 0.1) is 6.92 Å². The highest BCUT2D eigenvalue weighted by atomic mass is 35.5. The Kier molecular flexibility index (Phi) is 6.60. The molecule has 0 spiro atoms. The maximum absolute atomic E-state index is 13.0. The number of nitrogens with zero attached hydrogens (tertiary/aromatic N) is 1. The third-order valence-corrected chi connectivity index (χ3v) is 6.10. The molecule has 2 aromatic heterocycles. The maximum atomic E-state index is 13.0. The van der Waals surface area contributed by atoms with Gasteiger partial charge in [0.1, 0.15) is 17.0 Å². The normalized spacial score (nSPS) is 10.7. The summed E-state index contributed by atoms with van der Waals surface area (Å²) in [5.74, 6) is -0.397. The third kappa shape index (κ3) is 4.85. The maximum Gasteiger partial charge on any atom is 0.261 e. The van der Waals surface area contributed by atoms with Gasteiger partial charge in [0.15, 0.2) is 0 Å². The predicted octanol–water partition coefficient (Wildman–Crippen LogP) is 6.20. The van der Waals surface area contributed by atoms with Crippen molar-refractivity contribution in [3.8, 4) is 11.3 Å². The lowest BCUT2D eigenvalue weighted by Gasteiger charge is -2.10. The van der Waals surface area contributed by atoms with Gasteiger partial charge in [0.25, 0.3) is 11.8 Å². The number of carbonyl (C=O) groups is 2. The Morgan fingerprint density at radius 2 is 1.91 bits per heavy atom. The summed E-state index contributed by atoms with van der Waals surface area (Å²) in [7, 11) is 0. The lowest BCUT2D eigenvalue weighted by Crippen LogP contribution is -2.23. The first-order valence-corrected chi connectivity index (χ1v) is 11.2. The summed E-state index contributed by atoms with van der Waals surface area (Å²) in [6.45, 7) is 2.05. The van der Waals surface area contributed by atoms with Gasteiger partial charge in [0, 0.05) is 21.2 Å². The quantitative estimate of drug-likeness (QED) is 0.340. The van der Waals surface area contributed by atoms with Crippen LogP contribution < -0.4 is 10.6 Å². The molecular weight excluding hydrogens is 469 g/mol. The molecule has 0 unspecified atom stereocenters. The van der Waals surface area contributed by atoms with Gasteiger partial charge >= 0.3 is 0 Å². The average Bonchev–Trinajstić information content (AvgIpc) is 3.43. The van der Waals surface area contributed by atoms with E-state index in [1.54, 1.807) is 54.7 Å². The van der Waals surface area contributed by atoms with Gasteiger partial charge in [-0.2, -0.15) is 0 Å². The Labute approximate surface area is 198 Å². The van der Waals surface area contributed by atoms with E-state index in [0.29, 0.717) is 34.3 Å². The minimum atomic E-state index is -0.425. The number of aryl methyl sites for hydroxylation is 1. The van der Waals surface area contributed by atoms with Crippen molar-refractivity contribution in [2.45, 2.75) is 13.5 Å². The molecule has 4 aromatic rings. The molecule has 0 atom stereocenters. The van der Waals surface area contributed by atoms with Crippen LogP contribution in [0.5, 0.6) is 0 Å². The lowest BCUT2D eigenvalue weighted by atomic mass is 10.1. The molecule has 0 aliphatic rings. The second kappa shape index (κ2) is 9.56. The van der Waals surface area contributed by atoms with Crippen molar-refractivity contribution < 1.29 is 14.1 Å². The highest BCUT2D eigenvalue weighted by Gasteiger charge is 2.22. The predicted molar refractivity (Wildman–Crippen MR) is 127 cm³/mol. The Bertz CT molecular complexity index is 1290. The number of hydrogen-bond donors (Lipinski definition) is 2. The fourth-order valence-corrected chi connectivity index (χ4v) is 4.16. The number of benzene rings is 2. The number of anilines is 1. The zero-order valence-corrected chi connectivity index (χ0v) is 19.1. The highest BCUT2D eigenvalue weighted by Crippen LogP contribution is 2.28. The molecule has 0 bridgehead atoms. The highest BCUT2D eigenvalue weighted by molar-refractivity contribution is 7.09. The van der Waals surface area contributed by atoms with Crippen LogP contribution >= 0.6 is 34.5 Å². The van der Waals surface area contributed by atoms with Gasteiger partial charge in [0.2, 0.25) is 0 Å². The van der Waals surface area contributed by atoms with Crippen molar-refractivity contribution in [2.75, 3.05) is 5.32 Å². The smallest absolute Gasteiger partial charge is 0.261 e. The molecule has 0 aliphatic heterocycles. The molecule has 9 heteroatoms. The summed E-state index contributed by atoms with van der Waals surface area (Å²) in [6.07, 6.45) is 0. The van der Waals surface area contributed by atoms with Gasteiger partial charge in [-0.1, -0.05) is 46.6 Å². The summed E-state index contributed by atoms with van der Waals surface area (Å²) in [5, 5.41) is 12.4. The Morgan fingerprint density at radius 3 is 2.66 bits per heavy atom. The standard InChI is InChI=1S/C23H17Cl2N3O3S/c1-13-20(21(28-31-13)14-4-2-5-15(24)10-14)23(30)27-16-7-8-19(25)18(11-16)22(29)26-12-17-6-3-9-32-17/h2-11H,12H2,1H3,(H,26,29)(H,27,30). The molecule has 0 fully saturated rings. The molecule has 2 amide bonds. The Morgan fingerprint density at radius 1 is 1.06 bits per heavy atom. The van der Waals surface area contributed by atoms with Gasteiger partial charge in [0.05, 0.1) is 17.1 Å². The van der Waals surface area contributed by atoms with E-state index in [0.717, 1.165) is 4.88 Å². The molecule has 0 saturated heterocycles. The molecule has 162 valence electrons. The minimum absolute atomic E-state index is 0.262. The molecule has 2 heterocycles. The number of nitrogens with one attached hydrogen (secondary N) is 2. The van der Waals surface area contributed by atoms with Crippen molar-refractivity contribution in [1.29, 1.82) is 0 Å². The lowest BCUT2D eigenvalue weighted by molar-refractivity contribution is 0.0950. The van der Waals surface area contributed by atoms with Crippen LogP contribution in [-0.4, -0.2) is 17.0 Å². The second-order valence-electron chi connectivity index (χ2n) is 6.88. The van der Waals surface area contributed by atoms with Crippen molar-refractivity contribution in [2.24, 2.45) is 0 Å². The van der Waals surface area contributed by atoms with Gasteiger partial charge in [-0.15, -0.1) is 11.3 Å². The number of carbonyl (C=O) groups excluding carboxylic acids is 2. The van der Waals surface area contributed by atoms with Crippen LogP contribution in [0.2, 0.25) is 10.0 Å². The summed E-state index contributed by atoms with van der Waals surface area (Å²) in [5.41, 5.74) is 2.00.